The van der Waals surface area contributed by atoms with Crippen LogP contribution in [0, 0.1) is 0 Å². The molecule has 0 amide bonds. The Kier molecular flexibility index (Phi) is 8.63. The van der Waals surface area contributed by atoms with Crippen molar-refractivity contribution < 1.29 is 5.11 Å². The van der Waals surface area contributed by atoms with E-state index in [0.29, 0.717) is 19.3 Å². The van der Waals surface area contributed by atoms with Gasteiger partial charge in [0.1, 0.15) is 0 Å². The molecule has 1 aliphatic carbocycles. The standard InChI is InChI=1S/C16H32OSe/c1-3-4-5-6-7-8-9-10-12-15(17)16(18-2)13-11-14-16/h15,17H,3-14H2,1-2H3. The van der Waals surface area contributed by atoms with E-state index >= 15 is 0 Å². The van der Waals surface area contributed by atoms with E-state index in [4.69, 9.17) is 0 Å². The third kappa shape index (κ3) is 5.23. The molecular weight excluding hydrogens is 287 g/mol. The van der Waals surface area contributed by atoms with E-state index in [-0.39, 0.29) is 6.10 Å². The molecule has 2 heteroatoms. The summed E-state index contributed by atoms with van der Waals surface area (Å²) in [6.45, 7) is 2.27. The van der Waals surface area contributed by atoms with Crippen molar-refractivity contribution in [1.82, 2.24) is 0 Å². The van der Waals surface area contributed by atoms with Crippen LogP contribution in [0.1, 0.15) is 84.0 Å². The molecule has 1 fully saturated rings. The molecule has 0 heterocycles. The monoisotopic (exact) mass is 320 g/mol. The van der Waals surface area contributed by atoms with Crippen molar-refractivity contribution >= 4 is 15.0 Å². The molecule has 0 aromatic carbocycles. The van der Waals surface area contributed by atoms with Gasteiger partial charge in [-0.3, -0.25) is 0 Å². The molecule has 0 aromatic rings. The predicted octanol–water partition coefficient (Wildman–Crippen LogP) is 4.97. The molecule has 1 unspecified atom stereocenters. The Morgan fingerprint density at radius 3 is 2.00 bits per heavy atom. The van der Waals surface area contributed by atoms with Gasteiger partial charge in [0.25, 0.3) is 0 Å². The second kappa shape index (κ2) is 9.39. The average Bonchev–Trinajstić information content (AvgIpc) is 2.32. The maximum absolute atomic E-state index is 10.3. The number of aliphatic hydroxyl groups excluding tert-OH is 1. The Bertz CT molecular complexity index is 196. The van der Waals surface area contributed by atoms with E-state index < -0.39 is 0 Å². The first-order valence-electron chi connectivity index (χ1n) is 7.98. The van der Waals surface area contributed by atoms with Gasteiger partial charge in [0.2, 0.25) is 0 Å². The number of rotatable bonds is 11. The molecule has 0 spiro atoms. The molecule has 108 valence electrons. The summed E-state index contributed by atoms with van der Waals surface area (Å²) in [4.78, 5) is 0. The van der Waals surface area contributed by atoms with Crippen molar-refractivity contribution in [3.63, 3.8) is 0 Å². The van der Waals surface area contributed by atoms with Crippen LogP contribution >= 0.6 is 0 Å². The van der Waals surface area contributed by atoms with E-state index in [1.54, 1.807) is 0 Å². The summed E-state index contributed by atoms with van der Waals surface area (Å²) in [6, 6.07) is 0. The zero-order valence-corrected chi connectivity index (χ0v) is 14.1. The van der Waals surface area contributed by atoms with Gasteiger partial charge in [-0.2, -0.15) is 0 Å². The first-order valence-corrected chi connectivity index (χ1v) is 10.6. The molecule has 0 aromatic heterocycles. The normalized spacial score (nSPS) is 19.5. The zero-order chi connectivity index (χ0) is 13.3. The molecule has 18 heavy (non-hydrogen) atoms. The van der Waals surface area contributed by atoms with Crippen LogP contribution in [-0.4, -0.2) is 26.2 Å². The van der Waals surface area contributed by atoms with Crippen LogP contribution < -0.4 is 0 Å². The van der Waals surface area contributed by atoms with Gasteiger partial charge in [-0.15, -0.1) is 0 Å². The summed E-state index contributed by atoms with van der Waals surface area (Å²) < 4.78 is 0.383. The van der Waals surface area contributed by atoms with Gasteiger partial charge in [-0.05, 0) is 0 Å². The van der Waals surface area contributed by atoms with Crippen LogP contribution in [0.15, 0.2) is 0 Å². The van der Waals surface area contributed by atoms with Crippen LogP contribution in [0.4, 0.5) is 0 Å². The average molecular weight is 319 g/mol. The van der Waals surface area contributed by atoms with Crippen LogP contribution in [0.5, 0.6) is 0 Å². The second-order valence-electron chi connectivity index (χ2n) is 5.90. The third-order valence-electron chi connectivity index (χ3n) is 4.54. The number of unbranched alkanes of at least 4 members (excludes halogenated alkanes) is 7. The zero-order valence-electron chi connectivity index (χ0n) is 12.4. The van der Waals surface area contributed by atoms with Crippen LogP contribution in [-0.2, 0) is 0 Å². The molecule has 1 nitrogen and oxygen atoms in total. The van der Waals surface area contributed by atoms with Crippen molar-refractivity contribution in [2.45, 2.75) is 100 Å². The summed E-state index contributed by atoms with van der Waals surface area (Å²) >= 11 is 0.630. The van der Waals surface area contributed by atoms with Gasteiger partial charge < -0.3 is 0 Å². The SMILES string of the molecule is CCCCCCCCCCC(O)C1([Se]C)CCC1. The fourth-order valence-corrected chi connectivity index (χ4v) is 5.21. The first kappa shape index (κ1) is 16.5. The topological polar surface area (TPSA) is 20.2 Å². The minimum atomic E-state index is 0.0105. The molecule has 1 aliphatic rings. The molecule has 1 saturated carbocycles. The molecule has 0 radical (unpaired) electrons. The third-order valence-corrected chi connectivity index (χ3v) is 7.68. The van der Waals surface area contributed by atoms with E-state index in [1.807, 2.05) is 0 Å². The van der Waals surface area contributed by atoms with Gasteiger partial charge in [0.15, 0.2) is 0 Å². The molecule has 1 rings (SSSR count). The molecule has 0 bridgehead atoms. The fourth-order valence-electron chi connectivity index (χ4n) is 2.93. The van der Waals surface area contributed by atoms with E-state index in [1.165, 1.54) is 70.6 Å². The van der Waals surface area contributed by atoms with Gasteiger partial charge in [0, 0.05) is 0 Å². The van der Waals surface area contributed by atoms with Gasteiger partial charge in [0.05, 0.1) is 0 Å². The Morgan fingerprint density at radius 1 is 1.00 bits per heavy atom. The number of hydrogen-bond acceptors (Lipinski definition) is 1. The Hall–Kier alpha value is 0.479. The van der Waals surface area contributed by atoms with E-state index in [0.717, 1.165) is 6.42 Å². The van der Waals surface area contributed by atoms with Crippen LogP contribution in [0.3, 0.4) is 0 Å². The quantitative estimate of drug-likeness (QED) is 0.421. The van der Waals surface area contributed by atoms with Crippen molar-refractivity contribution in [2.24, 2.45) is 0 Å². The van der Waals surface area contributed by atoms with Crippen molar-refractivity contribution in [3.8, 4) is 0 Å². The predicted molar refractivity (Wildman–Crippen MR) is 81.4 cm³/mol. The van der Waals surface area contributed by atoms with Crippen molar-refractivity contribution in [3.05, 3.63) is 0 Å². The Labute approximate surface area is 120 Å². The Morgan fingerprint density at radius 2 is 1.56 bits per heavy atom. The van der Waals surface area contributed by atoms with Gasteiger partial charge >= 0.3 is 120 Å². The second-order valence-corrected chi connectivity index (χ2v) is 8.46. The summed E-state index contributed by atoms with van der Waals surface area (Å²) in [6.07, 6.45) is 15.9. The molecular formula is C16H32OSe. The van der Waals surface area contributed by atoms with Crippen LogP contribution in [0.2, 0.25) is 10.1 Å². The summed E-state index contributed by atoms with van der Waals surface area (Å²) in [7, 11) is 0. The maximum atomic E-state index is 10.3. The van der Waals surface area contributed by atoms with Crippen molar-refractivity contribution in [2.75, 3.05) is 0 Å². The van der Waals surface area contributed by atoms with E-state index in [9.17, 15) is 5.11 Å². The fraction of sp³-hybridized carbons (Fsp3) is 1.00. The Balaban J connectivity index is 1.94. The molecule has 0 aliphatic heterocycles. The van der Waals surface area contributed by atoms with Crippen molar-refractivity contribution in [1.29, 1.82) is 0 Å². The number of hydrogen-bond donors (Lipinski definition) is 1. The summed E-state index contributed by atoms with van der Waals surface area (Å²) in [5.74, 6) is 2.31. The molecule has 1 atom stereocenters. The van der Waals surface area contributed by atoms with Crippen LogP contribution in [0.25, 0.3) is 0 Å². The van der Waals surface area contributed by atoms with E-state index in [2.05, 4.69) is 12.7 Å². The molecule has 1 N–H and O–H groups in total. The number of aliphatic hydroxyl groups is 1. The van der Waals surface area contributed by atoms with Gasteiger partial charge in [-0.1, -0.05) is 0 Å². The minimum absolute atomic E-state index is 0.0105. The summed E-state index contributed by atoms with van der Waals surface area (Å²) in [5.41, 5.74) is 0. The summed E-state index contributed by atoms with van der Waals surface area (Å²) in [5, 5.41) is 10.3. The first-order chi connectivity index (χ1) is 8.75. The van der Waals surface area contributed by atoms with Gasteiger partial charge in [-0.25, -0.2) is 0 Å². The molecule has 0 saturated heterocycles.